The molecule has 0 spiro atoms. The van der Waals surface area contributed by atoms with Gasteiger partial charge in [0.05, 0.1) is 0 Å². The molecule has 86 valence electrons. The summed E-state index contributed by atoms with van der Waals surface area (Å²) in [6.07, 6.45) is 6.23. The van der Waals surface area contributed by atoms with Crippen molar-refractivity contribution in [2.45, 2.75) is 52.9 Å². The van der Waals surface area contributed by atoms with Crippen molar-refractivity contribution in [1.82, 2.24) is 0 Å². The summed E-state index contributed by atoms with van der Waals surface area (Å²) < 4.78 is 0. The van der Waals surface area contributed by atoms with Crippen LogP contribution in [0.4, 0.5) is 0 Å². The predicted molar refractivity (Wildman–Crippen MR) is 71.6 cm³/mol. The first kappa shape index (κ1) is 12.8. The lowest BCUT2D eigenvalue weighted by Crippen LogP contribution is -1.81. The van der Waals surface area contributed by atoms with Gasteiger partial charge in [-0.05, 0) is 43.5 Å². The van der Waals surface area contributed by atoms with Crippen molar-refractivity contribution in [2.24, 2.45) is 0 Å². The summed E-state index contributed by atoms with van der Waals surface area (Å²) in [5.41, 5.74) is 3.76. The van der Waals surface area contributed by atoms with Crippen LogP contribution in [0, 0.1) is 25.7 Å². The van der Waals surface area contributed by atoms with E-state index < -0.39 is 0 Å². The lowest BCUT2D eigenvalue weighted by Gasteiger charge is -1.97. The lowest BCUT2D eigenvalue weighted by molar-refractivity contribution is 0.679. The molecule has 1 aromatic carbocycles. The van der Waals surface area contributed by atoms with Gasteiger partial charge in [0.25, 0.3) is 0 Å². The topological polar surface area (TPSA) is 0 Å². The number of benzene rings is 1. The third kappa shape index (κ3) is 5.03. The summed E-state index contributed by atoms with van der Waals surface area (Å²) in [4.78, 5) is 0. The molecule has 0 saturated carbocycles. The van der Waals surface area contributed by atoms with Crippen molar-refractivity contribution < 1.29 is 0 Å². The van der Waals surface area contributed by atoms with Crippen LogP contribution in [-0.2, 0) is 0 Å². The maximum atomic E-state index is 3.27. The molecule has 0 aliphatic rings. The zero-order valence-electron chi connectivity index (χ0n) is 10.8. The van der Waals surface area contributed by atoms with Gasteiger partial charge in [-0.1, -0.05) is 44.1 Å². The Morgan fingerprint density at radius 3 is 2.25 bits per heavy atom. The van der Waals surface area contributed by atoms with Crippen LogP contribution in [0.1, 0.15) is 55.7 Å². The van der Waals surface area contributed by atoms with E-state index in [1.807, 2.05) is 0 Å². The first-order valence-electron chi connectivity index (χ1n) is 6.29. The normalized spacial score (nSPS) is 9.69. The molecule has 0 saturated heterocycles. The molecular formula is C16H22. The molecule has 0 nitrogen and oxygen atoms in total. The van der Waals surface area contributed by atoms with E-state index in [2.05, 4.69) is 50.8 Å². The van der Waals surface area contributed by atoms with Crippen molar-refractivity contribution in [3.05, 3.63) is 34.9 Å². The van der Waals surface area contributed by atoms with E-state index in [1.165, 1.54) is 36.8 Å². The molecule has 0 N–H and O–H groups in total. The molecule has 0 fully saturated rings. The van der Waals surface area contributed by atoms with E-state index in [-0.39, 0.29) is 0 Å². The smallest absolute Gasteiger partial charge is 0.0250 e. The quantitative estimate of drug-likeness (QED) is 0.506. The molecule has 0 aliphatic carbocycles. The van der Waals surface area contributed by atoms with Crippen LogP contribution < -0.4 is 0 Å². The van der Waals surface area contributed by atoms with Crippen LogP contribution in [0.5, 0.6) is 0 Å². The zero-order valence-corrected chi connectivity index (χ0v) is 10.8. The molecule has 0 amide bonds. The lowest BCUT2D eigenvalue weighted by atomic mass is 10.1. The standard InChI is InChI=1S/C16H22/c1-4-5-6-7-8-9-10-16-12-14(2)11-15(3)13-16/h11-13H,4-8H2,1-3H3. The fourth-order valence-corrected chi connectivity index (χ4v) is 1.85. The Morgan fingerprint density at radius 2 is 1.62 bits per heavy atom. The molecule has 0 unspecified atom stereocenters. The third-order valence-corrected chi connectivity index (χ3v) is 2.61. The Labute approximate surface area is 100 Å². The number of hydrogen-bond donors (Lipinski definition) is 0. The van der Waals surface area contributed by atoms with Gasteiger partial charge in [0, 0.05) is 12.0 Å². The minimum absolute atomic E-state index is 1.03. The average Bonchev–Trinajstić information content (AvgIpc) is 2.22. The Balaban J connectivity index is 2.43. The number of aryl methyl sites for hydroxylation is 2. The highest BCUT2D eigenvalue weighted by molar-refractivity contribution is 5.39. The molecule has 0 atom stereocenters. The fraction of sp³-hybridized carbons (Fsp3) is 0.500. The molecule has 16 heavy (non-hydrogen) atoms. The average molecular weight is 214 g/mol. The molecule has 0 heteroatoms. The van der Waals surface area contributed by atoms with E-state index in [9.17, 15) is 0 Å². The van der Waals surface area contributed by atoms with Gasteiger partial charge in [0.2, 0.25) is 0 Å². The van der Waals surface area contributed by atoms with Gasteiger partial charge in [-0.3, -0.25) is 0 Å². The van der Waals surface area contributed by atoms with Crippen LogP contribution in [0.3, 0.4) is 0 Å². The largest absolute Gasteiger partial charge is 0.0979 e. The molecule has 0 aromatic heterocycles. The van der Waals surface area contributed by atoms with Crippen LogP contribution in [-0.4, -0.2) is 0 Å². The first-order valence-corrected chi connectivity index (χ1v) is 6.29. The van der Waals surface area contributed by atoms with Gasteiger partial charge < -0.3 is 0 Å². The van der Waals surface area contributed by atoms with Gasteiger partial charge in [0.1, 0.15) is 0 Å². The van der Waals surface area contributed by atoms with Gasteiger partial charge in [-0.2, -0.15) is 0 Å². The molecule has 1 rings (SSSR count). The molecule has 1 aromatic rings. The van der Waals surface area contributed by atoms with E-state index >= 15 is 0 Å². The third-order valence-electron chi connectivity index (χ3n) is 2.61. The van der Waals surface area contributed by atoms with Crippen molar-refractivity contribution in [1.29, 1.82) is 0 Å². The monoisotopic (exact) mass is 214 g/mol. The van der Waals surface area contributed by atoms with E-state index in [0.717, 1.165) is 12.0 Å². The van der Waals surface area contributed by atoms with Crippen molar-refractivity contribution in [3.8, 4) is 11.8 Å². The Morgan fingerprint density at radius 1 is 0.938 bits per heavy atom. The van der Waals surface area contributed by atoms with E-state index in [4.69, 9.17) is 0 Å². The van der Waals surface area contributed by atoms with Crippen molar-refractivity contribution in [2.75, 3.05) is 0 Å². The molecule has 0 bridgehead atoms. The van der Waals surface area contributed by atoms with Crippen LogP contribution in [0.2, 0.25) is 0 Å². The first-order chi connectivity index (χ1) is 7.72. The van der Waals surface area contributed by atoms with Gasteiger partial charge >= 0.3 is 0 Å². The van der Waals surface area contributed by atoms with Crippen LogP contribution in [0.15, 0.2) is 18.2 Å². The van der Waals surface area contributed by atoms with Crippen molar-refractivity contribution >= 4 is 0 Å². The molecule has 0 heterocycles. The van der Waals surface area contributed by atoms with Gasteiger partial charge in [0.15, 0.2) is 0 Å². The minimum atomic E-state index is 1.03. The van der Waals surface area contributed by atoms with Crippen LogP contribution in [0.25, 0.3) is 0 Å². The summed E-state index contributed by atoms with van der Waals surface area (Å²) in [6, 6.07) is 6.50. The van der Waals surface area contributed by atoms with Gasteiger partial charge in [-0.25, -0.2) is 0 Å². The SMILES string of the molecule is CCCCCCC#Cc1cc(C)cc(C)c1. The summed E-state index contributed by atoms with van der Waals surface area (Å²) in [6.45, 7) is 6.49. The summed E-state index contributed by atoms with van der Waals surface area (Å²) >= 11 is 0. The maximum absolute atomic E-state index is 3.27. The highest BCUT2D eigenvalue weighted by Gasteiger charge is 1.91. The zero-order chi connectivity index (χ0) is 11.8. The summed E-state index contributed by atoms with van der Waals surface area (Å²) in [5.74, 6) is 6.52. The molecule has 0 radical (unpaired) electrons. The highest BCUT2D eigenvalue weighted by atomic mass is 14.0. The predicted octanol–water partition coefficient (Wildman–Crippen LogP) is 4.63. The van der Waals surface area contributed by atoms with E-state index in [0.29, 0.717) is 0 Å². The van der Waals surface area contributed by atoms with Crippen LogP contribution >= 0.6 is 0 Å². The summed E-state index contributed by atoms with van der Waals surface area (Å²) in [5, 5.41) is 0. The Bertz CT molecular complexity index is 357. The minimum Gasteiger partial charge on any atom is -0.0979 e. The molecule has 0 aliphatic heterocycles. The maximum Gasteiger partial charge on any atom is 0.0250 e. The highest BCUT2D eigenvalue weighted by Crippen LogP contribution is 2.08. The number of hydrogen-bond acceptors (Lipinski definition) is 0. The number of unbranched alkanes of at least 4 members (excludes halogenated alkanes) is 4. The second kappa shape index (κ2) is 7.12. The van der Waals surface area contributed by atoms with Crippen molar-refractivity contribution in [3.63, 3.8) is 0 Å². The van der Waals surface area contributed by atoms with Gasteiger partial charge in [-0.15, -0.1) is 0 Å². The Kier molecular flexibility index (Phi) is 5.72. The number of rotatable bonds is 4. The fourth-order valence-electron chi connectivity index (χ4n) is 1.85. The second-order valence-corrected chi connectivity index (χ2v) is 4.49. The molecular weight excluding hydrogens is 192 g/mol. The van der Waals surface area contributed by atoms with E-state index in [1.54, 1.807) is 0 Å². The Hall–Kier alpha value is -1.22. The second-order valence-electron chi connectivity index (χ2n) is 4.49. The summed E-state index contributed by atoms with van der Waals surface area (Å²) in [7, 11) is 0.